The largest absolute Gasteiger partial charge is 0.467 e. The fourth-order valence-corrected chi connectivity index (χ4v) is 2.81. The number of hydrogen-bond acceptors (Lipinski definition) is 9. The number of carbonyl (C=O) groups excluding carboxylic acids is 5. The van der Waals surface area contributed by atoms with Gasteiger partial charge in [0.05, 0.1) is 20.1 Å². The number of nitrogens with zero attached hydrogens (tertiary/aromatic N) is 1. The Kier molecular flexibility index (Phi) is 7.82. The van der Waals surface area contributed by atoms with Gasteiger partial charge >= 0.3 is 24.1 Å². The molecular weight excluding hydrogens is 400 g/mol. The molecule has 3 atom stereocenters. The molecule has 0 aromatic rings. The van der Waals surface area contributed by atoms with Gasteiger partial charge < -0.3 is 24.3 Å². The van der Waals surface area contributed by atoms with Gasteiger partial charge in [-0.3, -0.25) is 4.79 Å². The van der Waals surface area contributed by atoms with Crippen LogP contribution >= 0.6 is 0 Å². The van der Waals surface area contributed by atoms with Crippen LogP contribution in [0.5, 0.6) is 0 Å². The number of alkyl carbamates (subject to hydrolysis) is 1. The van der Waals surface area contributed by atoms with Crippen LogP contribution in [0.15, 0.2) is 0 Å². The lowest BCUT2D eigenvalue weighted by Crippen LogP contribution is -2.51. The number of likely N-dealkylation sites (tertiary alicyclic amines) is 1. The van der Waals surface area contributed by atoms with Gasteiger partial charge in [-0.2, -0.15) is 0 Å². The van der Waals surface area contributed by atoms with Crippen LogP contribution in [0.1, 0.15) is 48.0 Å². The van der Waals surface area contributed by atoms with Crippen LogP contribution in [-0.4, -0.2) is 72.4 Å². The number of rotatable bonds is 4. The standard InChI is InChI=1S/C19H30N2O9/c1-18(2,3)29-16(25)20-12(15(24)28-8)10-9-11(14(23)27-7)21(13(10)22)17(26)30-19(4,5)6/h10-12H,9H2,1-8H3,(H,20,25)/t10-,11+,12-/m0/s1. The smallest absolute Gasteiger partial charge is 0.417 e. The zero-order chi connectivity index (χ0) is 23.4. The molecule has 0 aromatic carbocycles. The summed E-state index contributed by atoms with van der Waals surface area (Å²) in [6, 6.07) is -2.81. The molecular formula is C19H30N2O9. The number of hydrogen-bond donors (Lipinski definition) is 1. The Balaban J connectivity index is 3.23. The minimum Gasteiger partial charge on any atom is -0.467 e. The molecule has 1 rings (SSSR count). The van der Waals surface area contributed by atoms with Crippen LogP contribution in [0, 0.1) is 5.92 Å². The van der Waals surface area contributed by atoms with Gasteiger partial charge in [-0.1, -0.05) is 0 Å². The third-order valence-corrected chi connectivity index (χ3v) is 3.94. The Bertz CT molecular complexity index is 706. The van der Waals surface area contributed by atoms with Crippen molar-refractivity contribution in [1.82, 2.24) is 10.2 Å². The minimum absolute atomic E-state index is 0.277. The zero-order valence-corrected chi connectivity index (χ0v) is 18.6. The third-order valence-electron chi connectivity index (χ3n) is 3.94. The molecule has 1 saturated heterocycles. The molecule has 1 aliphatic heterocycles. The van der Waals surface area contributed by atoms with Crippen molar-refractivity contribution in [2.75, 3.05) is 14.2 Å². The molecule has 0 saturated carbocycles. The second-order valence-electron chi connectivity index (χ2n) is 8.72. The number of methoxy groups -OCH3 is 2. The van der Waals surface area contributed by atoms with Crippen molar-refractivity contribution in [2.45, 2.75) is 71.2 Å². The minimum atomic E-state index is -1.49. The maximum Gasteiger partial charge on any atom is 0.417 e. The Morgan fingerprint density at radius 1 is 0.967 bits per heavy atom. The maximum absolute atomic E-state index is 13.0. The predicted molar refractivity (Wildman–Crippen MR) is 102 cm³/mol. The number of amides is 3. The Morgan fingerprint density at radius 3 is 1.93 bits per heavy atom. The number of ether oxygens (including phenoxy) is 4. The lowest BCUT2D eigenvalue weighted by Gasteiger charge is -2.26. The fraction of sp³-hybridized carbons (Fsp3) is 0.737. The van der Waals surface area contributed by atoms with E-state index >= 15 is 0 Å². The maximum atomic E-state index is 13.0. The Hall–Kier alpha value is -2.85. The Morgan fingerprint density at radius 2 is 1.50 bits per heavy atom. The third kappa shape index (κ3) is 6.60. The van der Waals surface area contributed by atoms with Gasteiger partial charge in [-0.05, 0) is 48.0 Å². The second kappa shape index (κ2) is 9.31. The molecule has 0 spiro atoms. The van der Waals surface area contributed by atoms with Gasteiger partial charge in [0.25, 0.3) is 0 Å². The van der Waals surface area contributed by atoms with E-state index in [1.807, 2.05) is 0 Å². The summed E-state index contributed by atoms with van der Waals surface area (Å²) in [5.41, 5.74) is -1.80. The van der Waals surface area contributed by atoms with Gasteiger partial charge in [0.1, 0.15) is 23.3 Å². The summed E-state index contributed by atoms with van der Waals surface area (Å²) in [5, 5.41) is 2.29. The van der Waals surface area contributed by atoms with E-state index in [4.69, 9.17) is 14.2 Å². The van der Waals surface area contributed by atoms with E-state index in [-0.39, 0.29) is 6.42 Å². The average Bonchev–Trinajstić information content (AvgIpc) is 2.92. The molecule has 1 N–H and O–H groups in total. The highest BCUT2D eigenvalue weighted by Crippen LogP contribution is 2.30. The van der Waals surface area contributed by atoms with E-state index in [1.54, 1.807) is 41.5 Å². The molecule has 0 bridgehead atoms. The first-order chi connectivity index (χ1) is 13.6. The summed E-state index contributed by atoms with van der Waals surface area (Å²) in [7, 11) is 2.18. The Labute approximate surface area is 175 Å². The molecule has 1 aliphatic rings. The highest BCUT2D eigenvalue weighted by molar-refractivity contribution is 6.03. The molecule has 11 nitrogen and oxygen atoms in total. The van der Waals surface area contributed by atoms with E-state index in [2.05, 4.69) is 10.1 Å². The van der Waals surface area contributed by atoms with E-state index in [9.17, 15) is 24.0 Å². The SMILES string of the molecule is COC(=O)[C@@H](NC(=O)OC(C)(C)C)[C@@H]1C[C@H](C(=O)OC)N(C(=O)OC(C)(C)C)C1=O. The number of nitrogens with one attached hydrogen (secondary N) is 1. The molecule has 11 heteroatoms. The van der Waals surface area contributed by atoms with Crippen LogP contribution < -0.4 is 5.32 Å². The van der Waals surface area contributed by atoms with Crippen LogP contribution in [0.25, 0.3) is 0 Å². The van der Waals surface area contributed by atoms with Crippen molar-refractivity contribution >= 4 is 30.0 Å². The first-order valence-electron chi connectivity index (χ1n) is 9.32. The van der Waals surface area contributed by atoms with Gasteiger partial charge in [0.2, 0.25) is 5.91 Å². The van der Waals surface area contributed by atoms with Gasteiger partial charge in [0.15, 0.2) is 0 Å². The topological polar surface area (TPSA) is 138 Å². The normalized spacial score (nSPS) is 20.3. The first kappa shape index (κ1) is 25.2. The van der Waals surface area contributed by atoms with Crippen molar-refractivity contribution in [2.24, 2.45) is 5.92 Å². The van der Waals surface area contributed by atoms with Crippen molar-refractivity contribution in [1.29, 1.82) is 0 Å². The van der Waals surface area contributed by atoms with Crippen LogP contribution in [-0.2, 0) is 33.3 Å². The molecule has 30 heavy (non-hydrogen) atoms. The summed E-state index contributed by atoms with van der Waals surface area (Å²) >= 11 is 0. The molecule has 3 amide bonds. The number of esters is 2. The zero-order valence-electron chi connectivity index (χ0n) is 18.6. The summed E-state index contributed by atoms with van der Waals surface area (Å²) in [5.74, 6) is -3.96. The van der Waals surface area contributed by atoms with Crippen molar-refractivity contribution in [3.8, 4) is 0 Å². The number of imide groups is 1. The van der Waals surface area contributed by atoms with Gasteiger partial charge in [-0.15, -0.1) is 0 Å². The summed E-state index contributed by atoms with van der Waals surface area (Å²) in [4.78, 5) is 62.9. The van der Waals surface area contributed by atoms with Gasteiger partial charge in [0, 0.05) is 0 Å². The lowest BCUT2D eigenvalue weighted by atomic mass is 9.96. The number of carbonyl (C=O) groups is 5. The fourth-order valence-electron chi connectivity index (χ4n) is 2.81. The van der Waals surface area contributed by atoms with Crippen LogP contribution in [0.2, 0.25) is 0 Å². The molecule has 0 unspecified atom stereocenters. The molecule has 0 aliphatic carbocycles. The average molecular weight is 430 g/mol. The highest BCUT2D eigenvalue weighted by Gasteiger charge is 2.53. The van der Waals surface area contributed by atoms with Crippen LogP contribution in [0.3, 0.4) is 0 Å². The van der Waals surface area contributed by atoms with E-state index in [0.29, 0.717) is 4.90 Å². The molecule has 170 valence electrons. The van der Waals surface area contributed by atoms with E-state index in [0.717, 1.165) is 14.2 Å². The van der Waals surface area contributed by atoms with E-state index in [1.165, 1.54) is 0 Å². The monoisotopic (exact) mass is 430 g/mol. The first-order valence-corrected chi connectivity index (χ1v) is 9.32. The van der Waals surface area contributed by atoms with Crippen molar-refractivity contribution in [3.63, 3.8) is 0 Å². The quantitative estimate of drug-likeness (QED) is 0.518. The van der Waals surface area contributed by atoms with Crippen LogP contribution in [0.4, 0.5) is 9.59 Å². The van der Waals surface area contributed by atoms with Crippen molar-refractivity contribution < 1.29 is 42.9 Å². The second-order valence-corrected chi connectivity index (χ2v) is 8.72. The summed E-state index contributed by atoms with van der Waals surface area (Å²) in [6.45, 7) is 9.65. The summed E-state index contributed by atoms with van der Waals surface area (Å²) in [6.07, 6.45) is -2.30. The molecule has 1 heterocycles. The predicted octanol–water partition coefficient (Wildman–Crippen LogP) is 1.38. The lowest BCUT2D eigenvalue weighted by molar-refractivity contribution is -0.149. The van der Waals surface area contributed by atoms with Gasteiger partial charge in [-0.25, -0.2) is 24.1 Å². The summed E-state index contributed by atoms with van der Waals surface area (Å²) < 4.78 is 19.7. The van der Waals surface area contributed by atoms with Crippen molar-refractivity contribution in [3.05, 3.63) is 0 Å². The molecule has 0 aromatic heterocycles. The highest BCUT2D eigenvalue weighted by atomic mass is 16.6. The molecule has 1 fully saturated rings. The molecule has 0 radical (unpaired) electrons. The van der Waals surface area contributed by atoms with E-state index < -0.39 is 59.2 Å².